The molecule has 0 radical (unpaired) electrons. The maximum Gasteiger partial charge on any atom is 0.320 e. The zero-order chi connectivity index (χ0) is 14.8. The number of hydrogen-bond acceptors (Lipinski definition) is 4. The molecule has 0 spiro atoms. The molecule has 0 N–H and O–H groups in total. The van der Waals surface area contributed by atoms with Crippen molar-refractivity contribution in [3.8, 4) is 6.07 Å². The first-order valence-corrected chi connectivity index (χ1v) is 6.64. The minimum absolute atomic E-state index is 0.172. The SMILES string of the molecule is C=CCN(CC(=O)OCC)CC(C#N)c1ccccc1. The summed E-state index contributed by atoms with van der Waals surface area (Å²) in [5.41, 5.74) is 0.952. The van der Waals surface area contributed by atoms with Crippen LogP contribution in [0.3, 0.4) is 0 Å². The molecular formula is C16H20N2O2. The highest BCUT2D eigenvalue weighted by Gasteiger charge is 2.17. The number of nitrogens with zero attached hydrogens (tertiary/aromatic N) is 2. The molecule has 1 aromatic carbocycles. The summed E-state index contributed by atoms with van der Waals surface area (Å²) in [5, 5.41) is 9.32. The van der Waals surface area contributed by atoms with Gasteiger partial charge in [0.1, 0.15) is 0 Å². The average Bonchev–Trinajstić information content (AvgIpc) is 2.46. The molecule has 0 heterocycles. The van der Waals surface area contributed by atoms with Crippen molar-refractivity contribution in [3.63, 3.8) is 0 Å². The summed E-state index contributed by atoms with van der Waals surface area (Å²) >= 11 is 0. The van der Waals surface area contributed by atoms with E-state index in [1.54, 1.807) is 13.0 Å². The van der Waals surface area contributed by atoms with Gasteiger partial charge in [0.05, 0.1) is 25.1 Å². The molecule has 1 atom stereocenters. The number of carbonyl (C=O) groups excluding carboxylic acids is 1. The molecule has 4 nitrogen and oxygen atoms in total. The molecule has 1 aromatic rings. The van der Waals surface area contributed by atoms with E-state index in [1.807, 2.05) is 35.2 Å². The standard InChI is InChI=1S/C16H20N2O2/c1-3-10-18(13-16(19)20-4-2)12-15(11-17)14-8-6-5-7-9-14/h3,5-9,15H,1,4,10,12-13H2,2H3. The van der Waals surface area contributed by atoms with Crippen LogP contribution in [0.1, 0.15) is 18.4 Å². The summed E-state index contributed by atoms with van der Waals surface area (Å²) in [4.78, 5) is 13.4. The number of ether oxygens (including phenoxy) is 1. The fourth-order valence-corrected chi connectivity index (χ4v) is 1.94. The summed E-state index contributed by atoms with van der Waals surface area (Å²) in [5.74, 6) is -0.551. The van der Waals surface area contributed by atoms with E-state index in [2.05, 4.69) is 12.6 Å². The average molecular weight is 272 g/mol. The van der Waals surface area contributed by atoms with E-state index >= 15 is 0 Å². The van der Waals surface area contributed by atoms with Gasteiger partial charge in [0.15, 0.2) is 0 Å². The number of esters is 1. The van der Waals surface area contributed by atoms with Gasteiger partial charge in [-0.25, -0.2) is 0 Å². The lowest BCUT2D eigenvalue weighted by atomic mass is 10.00. The monoisotopic (exact) mass is 272 g/mol. The largest absolute Gasteiger partial charge is 0.465 e. The second-order valence-corrected chi connectivity index (χ2v) is 4.38. The molecule has 1 rings (SSSR count). The fourth-order valence-electron chi connectivity index (χ4n) is 1.94. The molecule has 20 heavy (non-hydrogen) atoms. The van der Waals surface area contributed by atoms with Crippen molar-refractivity contribution < 1.29 is 9.53 Å². The Morgan fingerprint density at radius 3 is 2.75 bits per heavy atom. The highest BCUT2D eigenvalue weighted by atomic mass is 16.5. The summed E-state index contributed by atoms with van der Waals surface area (Å²) in [6, 6.07) is 11.9. The second-order valence-electron chi connectivity index (χ2n) is 4.38. The topological polar surface area (TPSA) is 53.3 Å². The zero-order valence-corrected chi connectivity index (χ0v) is 11.8. The summed E-state index contributed by atoms with van der Waals surface area (Å²) in [7, 11) is 0. The van der Waals surface area contributed by atoms with E-state index in [9.17, 15) is 10.1 Å². The maximum absolute atomic E-state index is 11.6. The van der Waals surface area contributed by atoms with Crippen LogP contribution in [0, 0.1) is 11.3 Å². The number of rotatable bonds is 8. The lowest BCUT2D eigenvalue weighted by Gasteiger charge is -2.22. The van der Waals surface area contributed by atoms with E-state index < -0.39 is 0 Å². The van der Waals surface area contributed by atoms with E-state index in [-0.39, 0.29) is 18.4 Å². The molecular weight excluding hydrogens is 252 g/mol. The van der Waals surface area contributed by atoms with Gasteiger partial charge in [-0.05, 0) is 12.5 Å². The van der Waals surface area contributed by atoms with Crippen LogP contribution in [0.15, 0.2) is 43.0 Å². The lowest BCUT2D eigenvalue weighted by molar-refractivity contribution is -0.144. The van der Waals surface area contributed by atoms with Gasteiger partial charge in [0, 0.05) is 13.1 Å². The summed E-state index contributed by atoms with van der Waals surface area (Å²) in [6.07, 6.45) is 1.72. The van der Waals surface area contributed by atoms with Gasteiger partial charge in [-0.1, -0.05) is 36.4 Å². The van der Waals surface area contributed by atoms with Crippen LogP contribution in [0.25, 0.3) is 0 Å². The third-order valence-electron chi connectivity index (χ3n) is 2.84. The number of benzene rings is 1. The van der Waals surface area contributed by atoms with E-state index in [1.165, 1.54) is 0 Å². The Morgan fingerprint density at radius 1 is 1.50 bits per heavy atom. The highest BCUT2D eigenvalue weighted by Crippen LogP contribution is 2.16. The van der Waals surface area contributed by atoms with Crippen LogP contribution < -0.4 is 0 Å². The highest BCUT2D eigenvalue weighted by molar-refractivity contribution is 5.71. The molecule has 0 bridgehead atoms. The molecule has 0 saturated heterocycles. The predicted molar refractivity (Wildman–Crippen MR) is 78.1 cm³/mol. The minimum Gasteiger partial charge on any atom is -0.465 e. The van der Waals surface area contributed by atoms with Crippen molar-refractivity contribution in [1.82, 2.24) is 4.90 Å². The van der Waals surface area contributed by atoms with Crippen molar-refractivity contribution >= 4 is 5.97 Å². The first-order chi connectivity index (χ1) is 9.71. The number of hydrogen-bond donors (Lipinski definition) is 0. The fraction of sp³-hybridized carbons (Fsp3) is 0.375. The van der Waals surface area contributed by atoms with Gasteiger partial charge >= 0.3 is 5.97 Å². The van der Waals surface area contributed by atoms with Crippen LogP contribution in [0.5, 0.6) is 0 Å². The Kier molecular flexibility index (Phi) is 7.08. The molecule has 0 aromatic heterocycles. The molecule has 4 heteroatoms. The van der Waals surface area contributed by atoms with Gasteiger partial charge in [-0.2, -0.15) is 5.26 Å². The smallest absolute Gasteiger partial charge is 0.320 e. The van der Waals surface area contributed by atoms with Gasteiger partial charge in [0.2, 0.25) is 0 Å². The van der Waals surface area contributed by atoms with Gasteiger partial charge < -0.3 is 4.74 Å². The number of nitriles is 1. The maximum atomic E-state index is 11.6. The Hall–Kier alpha value is -2.12. The Labute approximate surface area is 120 Å². The number of carbonyl (C=O) groups is 1. The normalized spacial score (nSPS) is 11.7. The van der Waals surface area contributed by atoms with E-state index in [4.69, 9.17) is 4.74 Å². The summed E-state index contributed by atoms with van der Waals surface area (Å²) < 4.78 is 4.94. The van der Waals surface area contributed by atoms with Crippen molar-refractivity contribution in [3.05, 3.63) is 48.6 Å². The van der Waals surface area contributed by atoms with Gasteiger partial charge in [0.25, 0.3) is 0 Å². The van der Waals surface area contributed by atoms with E-state index in [0.29, 0.717) is 19.7 Å². The molecule has 1 unspecified atom stereocenters. The van der Waals surface area contributed by atoms with Crippen molar-refractivity contribution in [2.24, 2.45) is 0 Å². The summed E-state index contributed by atoms with van der Waals surface area (Å²) in [6.45, 7) is 7.02. The lowest BCUT2D eigenvalue weighted by Crippen LogP contribution is -2.34. The van der Waals surface area contributed by atoms with Gasteiger partial charge in [-0.3, -0.25) is 9.69 Å². The molecule has 0 aliphatic rings. The Morgan fingerprint density at radius 2 is 2.20 bits per heavy atom. The van der Waals surface area contributed by atoms with Gasteiger partial charge in [-0.15, -0.1) is 6.58 Å². The first-order valence-electron chi connectivity index (χ1n) is 6.64. The molecule has 0 fully saturated rings. The molecule has 106 valence electrons. The quantitative estimate of drug-likeness (QED) is 0.538. The van der Waals surface area contributed by atoms with Crippen LogP contribution in [-0.4, -0.2) is 37.1 Å². The van der Waals surface area contributed by atoms with Crippen LogP contribution >= 0.6 is 0 Å². The van der Waals surface area contributed by atoms with Crippen LogP contribution in [-0.2, 0) is 9.53 Å². The molecule has 0 saturated carbocycles. The van der Waals surface area contributed by atoms with Crippen molar-refractivity contribution in [2.45, 2.75) is 12.8 Å². The van der Waals surface area contributed by atoms with Crippen molar-refractivity contribution in [2.75, 3.05) is 26.2 Å². The van der Waals surface area contributed by atoms with E-state index in [0.717, 1.165) is 5.56 Å². The van der Waals surface area contributed by atoms with Crippen LogP contribution in [0.2, 0.25) is 0 Å². The third kappa shape index (κ3) is 5.25. The Balaban J connectivity index is 2.70. The molecule has 0 aliphatic heterocycles. The second kappa shape index (κ2) is 8.89. The zero-order valence-electron chi connectivity index (χ0n) is 11.8. The minimum atomic E-state index is -0.279. The first kappa shape index (κ1) is 15.9. The third-order valence-corrected chi connectivity index (χ3v) is 2.84. The Bertz CT molecular complexity index is 465. The molecule has 0 aliphatic carbocycles. The predicted octanol–water partition coefficient (Wildman–Crippen LogP) is 2.34. The molecule has 0 amide bonds. The van der Waals surface area contributed by atoms with Crippen LogP contribution in [0.4, 0.5) is 0 Å². The van der Waals surface area contributed by atoms with Crippen molar-refractivity contribution in [1.29, 1.82) is 5.26 Å².